The second kappa shape index (κ2) is 8.17. The molecule has 1 fully saturated rings. The summed E-state index contributed by atoms with van der Waals surface area (Å²) in [5.41, 5.74) is 1.02. The summed E-state index contributed by atoms with van der Waals surface area (Å²) in [6, 6.07) is 10.2. The van der Waals surface area contributed by atoms with Crippen LogP contribution in [0.25, 0.3) is 0 Å². The highest BCUT2D eigenvalue weighted by molar-refractivity contribution is 7.99. The van der Waals surface area contributed by atoms with Gasteiger partial charge in [0.1, 0.15) is 0 Å². The first-order valence-corrected chi connectivity index (χ1v) is 8.84. The molecule has 0 aliphatic carbocycles. The van der Waals surface area contributed by atoms with E-state index in [1.165, 1.54) is 23.5 Å². The second-order valence-corrected chi connectivity index (χ2v) is 6.46. The molecule has 2 heterocycles. The molecule has 1 saturated heterocycles. The van der Waals surface area contributed by atoms with Crippen molar-refractivity contribution < 1.29 is 9.47 Å². The first-order valence-electron chi connectivity index (χ1n) is 7.85. The van der Waals surface area contributed by atoms with Crippen molar-refractivity contribution in [2.75, 3.05) is 12.4 Å². The molecule has 1 aliphatic rings. The number of rotatable bonds is 6. The van der Waals surface area contributed by atoms with Crippen molar-refractivity contribution in [2.45, 2.75) is 37.1 Å². The number of nitrogens with zero attached hydrogens (tertiary/aromatic N) is 1. The third kappa shape index (κ3) is 4.84. The Morgan fingerprint density at radius 1 is 1.30 bits per heavy atom. The molecule has 0 amide bonds. The van der Waals surface area contributed by atoms with Crippen LogP contribution in [-0.4, -0.2) is 28.6 Å². The Labute approximate surface area is 139 Å². The number of hydrogen-bond acceptors (Lipinski definition) is 5. The zero-order valence-electron chi connectivity index (χ0n) is 12.9. The van der Waals surface area contributed by atoms with Crippen LogP contribution in [0.1, 0.15) is 24.8 Å². The van der Waals surface area contributed by atoms with Crippen LogP contribution in [0.3, 0.4) is 0 Å². The first-order chi connectivity index (χ1) is 11.3. The fraction of sp³-hybridized carbons (Fsp3) is 0.412. The molecule has 122 valence electrons. The monoisotopic (exact) mass is 332 g/mol. The van der Waals surface area contributed by atoms with Gasteiger partial charge in [0.2, 0.25) is 5.75 Å². The minimum absolute atomic E-state index is 0.226. The van der Waals surface area contributed by atoms with Gasteiger partial charge >= 0.3 is 0 Å². The van der Waals surface area contributed by atoms with E-state index in [4.69, 9.17) is 9.47 Å². The summed E-state index contributed by atoms with van der Waals surface area (Å²) in [6.07, 6.45) is 5.01. The maximum atomic E-state index is 12.1. The van der Waals surface area contributed by atoms with Crippen LogP contribution in [0.15, 0.2) is 46.5 Å². The topological polar surface area (TPSA) is 64.2 Å². The average molecular weight is 332 g/mol. The molecule has 0 saturated carbocycles. The minimum Gasteiger partial charge on any atom is -0.458 e. The van der Waals surface area contributed by atoms with Gasteiger partial charge in [0.05, 0.1) is 12.8 Å². The molecule has 1 aromatic carbocycles. The number of aromatic nitrogens is 2. The van der Waals surface area contributed by atoms with Crippen molar-refractivity contribution in [3.8, 4) is 5.75 Å². The van der Waals surface area contributed by atoms with Gasteiger partial charge in [-0.15, -0.1) is 0 Å². The molecule has 0 radical (unpaired) electrons. The molecule has 1 aromatic heterocycles. The lowest BCUT2D eigenvalue weighted by Crippen LogP contribution is -2.27. The fourth-order valence-corrected chi connectivity index (χ4v) is 3.20. The number of nitrogens with one attached hydrogen (secondary N) is 1. The molecular weight excluding hydrogens is 312 g/mol. The van der Waals surface area contributed by atoms with Crippen LogP contribution in [0.4, 0.5) is 0 Å². The number of aromatic amines is 1. The van der Waals surface area contributed by atoms with E-state index in [1.807, 2.05) is 18.2 Å². The predicted molar refractivity (Wildman–Crippen MR) is 89.9 cm³/mol. The van der Waals surface area contributed by atoms with Crippen LogP contribution in [-0.2, 0) is 11.2 Å². The summed E-state index contributed by atoms with van der Waals surface area (Å²) in [5, 5.41) is 0.614. The lowest BCUT2D eigenvalue weighted by atomic mass is 10.2. The molecule has 0 bridgehead atoms. The summed E-state index contributed by atoms with van der Waals surface area (Å²) in [4.78, 5) is 19.1. The Balaban J connectivity index is 1.53. The summed E-state index contributed by atoms with van der Waals surface area (Å²) < 4.78 is 11.1. The molecule has 1 unspecified atom stereocenters. The predicted octanol–water partition coefficient (Wildman–Crippen LogP) is 3.01. The van der Waals surface area contributed by atoms with Gasteiger partial charge in [-0.2, -0.15) is 0 Å². The Morgan fingerprint density at radius 3 is 2.91 bits per heavy atom. The Hall–Kier alpha value is -1.79. The number of benzene rings is 1. The van der Waals surface area contributed by atoms with E-state index in [2.05, 4.69) is 22.1 Å². The third-order valence-corrected chi connectivity index (χ3v) is 4.50. The van der Waals surface area contributed by atoms with E-state index in [0.717, 1.165) is 31.4 Å². The van der Waals surface area contributed by atoms with Crippen molar-refractivity contribution in [3.63, 3.8) is 0 Å². The van der Waals surface area contributed by atoms with Crippen LogP contribution >= 0.6 is 11.8 Å². The van der Waals surface area contributed by atoms with E-state index in [1.54, 1.807) is 0 Å². The van der Waals surface area contributed by atoms with Crippen molar-refractivity contribution >= 4 is 11.8 Å². The van der Waals surface area contributed by atoms with Crippen molar-refractivity contribution in [2.24, 2.45) is 0 Å². The highest BCUT2D eigenvalue weighted by Gasteiger charge is 2.17. The Bertz CT molecular complexity index is 669. The quantitative estimate of drug-likeness (QED) is 0.651. The van der Waals surface area contributed by atoms with E-state index in [-0.39, 0.29) is 17.6 Å². The number of H-pyrrole nitrogens is 1. The molecule has 23 heavy (non-hydrogen) atoms. The highest BCUT2D eigenvalue weighted by Crippen LogP contribution is 2.18. The second-order valence-electron chi connectivity index (χ2n) is 5.38. The SMILES string of the molecule is O=c1[nH]c(SCCc2ccccc2)ncc1OC1CCCCO1. The smallest absolute Gasteiger partial charge is 0.294 e. The normalized spacial score (nSPS) is 17.8. The fourth-order valence-electron chi connectivity index (χ4n) is 2.38. The summed E-state index contributed by atoms with van der Waals surface area (Å²) in [6.45, 7) is 0.684. The number of aryl methyl sites for hydroxylation is 1. The lowest BCUT2D eigenvalue weighted by molar-refractivity contribution is -0.106. The average Bonchev–Trinajstić information content (AvgIpc) is 2.59. The third-order valence-electron chi connectivity index (χ3n) is 3.61. The van der Waals surface area contributed by atoms with Gasteiger partial charge in [0, 0.05) is 12.2 Å². The lowest BCUT2D eigenvalue weighted by Gasteiger charge is -2.22. The van der Waals surface area contributed by atoms with Gasteiger partial charge < -0.3 is 9.47 Å². The zero-order valence-corrected chi connectivity index (χ0v) is 13.7. The highest BCUT2D eigenvalue weighted by atomic mass is 32.2. The van der Waals surface area contributed by atoms with E-state index in [9.17, 15) is 4.79 Å². The van der Waals surface area contributed by atoms with Crippen molar-refractivity contribution in [1.82, 2.24) is 9.97 Å². The van der Waals surface area contributed by atoms with Crippen molar-refractivity contribution in [3.05, 3.63) is 52.4 Å². The molecular formula is C17H20N2O3S. The van der Waals surface area contributed by atoms with Gasteiger partial charge in [-0.25, -0.2) is 4.98 Å². The zero-order chi connectivity index (χ0) is 15.9. The minimum atomic E-state index is -0.330. The van der Waals surface area contributed by atoms with Crippen LogP contribution in [0, 0.1) is 0 Å². The number of hydrogen-bond donors (Lipinski definition) is 1. The van der Waals surface area contributed by atoms with E-state index in [0.29, 0.717) is 11.8 Å². The van der Waals surface area contributed by atoms with E-state index < -0.39 is 0 Å². The summed E-state index contributed by atoms with van der Waals surface area (Å²) in [5.74, 6) is 1.09. The van der Waals surface area contributed by atoms with E-state index >= 15 is 0 Å². The standard InChI is InChI=1S/C17H20N2O3S/c20-16-14(22-15-8-4-5-10-21-15)12-18-17(19-16)23-11-9-13-6-2-1-3-7-13/h1-3,6-7,12,15H,4-5,8-11H2,(H,18,19,20). The molecule has 1 aliphatic heterocycles. The number of thioether (sulfide) groups is 1. The first kappa shape index (κ1) is 16.1. The molecule has 6 heteroatoms. The summed E-state index contributed by atoms with van der Waals surface area (Å²) >= 11 is 1.53. The molecule has 1 atom stereocenters. The number of ether oxygens (including phenoxy) is 2. The van der Waals surface area contributed by atoms with Gasteiger partial charge in [-0.05, 0) is 24.8 Å². The van der Waals surface area contributed by atoms with Crippen LogP contribution in [0.2, 0.25) is 0 Å². The maximum Gasteiger partial charge on any atom is 0.294 e. The molecule has 0 spiro atoms. The van der Waals surface area contributed by atoms with Gasteiger partial charge in [-0.1, -0.05) is 42.1 Å². The van der Waals surface area contributed by atoms with Crippen LogP contribution in [0.5, 0.6) is 5.75 Å². The van der Waals surface area contributed by atoms with Gasteiger partial charge in [0.15, 0.2) is 11.4 Å². The Morgan fingerprint density at radius 2 is 2.17 bits per heavy atom. The van der Waals surface area contributed by atoms with Gasteiger partial charge in [-0.3, -0.25) is 9.78 Å². The largest absolute Gasteiger partial charge is 0.458 e. The Kier molecular flexibility index (Phi) is 5.71. The van der Waals surface area contributed by atoms with Crippen LogP contribution < -0.4 is 10.3 Å². The summed E-state index contributed by atoms with van der Waals surface area (Å²) in [7, 11) is 0. The molecule has 1 N–H and O–H groups in total. The van der Waals surface area contributed by atoms with Gasteiger partial charge in [0.25, 0.3) is 5.56 Å². The molecule has 5 nitrogen and oxygen atoms in total. The molecule has 2 aromatic rings. The van der Waals surface area contributed by atoms with Crippen molar-refractivity contribution in [1.29, 1.82) is 0 Å². The molecule has 3 rings (SSSR count). The maximum absolute atomic E-state index is 12.1.